The van der Waals surface area contributed by atoms with Crippen molar-refractivity contribution in [2.45, 2.75) is 33.0 Å². The summed E-state index contributed by atoms with van der Waals surface area (Å²) in [5.41, 5.74) is -0.338. The van der Waals surface area contributed by atoms with Crippen molar-refractivity contribution < 1.29 is 14.8 Å². The first-order chi connectivity index (χ1) is 6.08. The van der Waals surface area contributed by atoms with Gasteiger partial charge >= 0.3 is 0 Å². The SMILES string of the molecule is CC(C)(C)OOOCc1cccs1. The van der Waals surface area contributed by atoms with E-state index in [9.17, 15) is 0 Å². The molecule has 0 aliphatic rings. The molecule has 4 heteroatoms. The predicted octanol–water partition coefficient (Wildman–Crippen LogP) is 2.93. The zero-order valence-corrected chi connectivity index (χ0v) is 8.89. The lowest BCUT2D eigenvalue weighted by atomic mass is 10.2. The zero-order valence-electron chi connectivity index (χ0n) is 8.07. The van der Waals surface area contributed by atoms with E-state index in [1.807, 2.05) is 38.3 Å². The molecule has 0 aliphatic carbocycles. The van der Waals surface area contributed by atoms with Gasteiger partial charge in [-0.15, -0.1) is 11.3 Å². The summed E-state index contributed by atoms with van der Waals surface area (Å²) in [4.78, 5) is 10.9. The molecule has 0 fully saturated rings. The van der Waals surface area contributed by atoms with Crippen LogP contribution in [0.25, 0.3) is 0 Å². The van der Waals surface area contributed by atoms with Crippen LogP contribution in [0.5, 0.6) is 0 Å². The molecular formula is C9H14O3S. The Morgan fingerprint density at radius 3 is 2.69 bits per heavy atom. The predicted molar refractivity (Wildman–Crippen MR) is 51.0 cm³/mol. The summed E-state index contributed by atoms with van der Waals surface area (Å²) in [6, 6.07) is 3.94. The van der Waals surface area contributed by atoms with Gasteiger partial charge in [-0.3, -0.25) is 0 Å². The first-order valence-corrected chi connectivity index (χ1v) is 4.95. The Kier molecular flexibility index (Phi) is 3.87. The maximum absolute atomic E-state index is 4.91. The standard InChI is InChI=1S/C9H14O3S/c1-9(2,3)11-12-10-7-8-5-4-6-13-8/h4-6H,7H2,1-3H3. The summed E-state index contributed by atoms with van der Waals surface area (Å²) in [6.07, 6.45) is 0. The van der Waals surface area contributed by atoms with Crippen LogP contribution in [0.1, 0.15) is 25.6 Å². The first kappa shape index (κ1) is 10.7. The fourth-order valence-corrected chi connectivity index (χ4v) is 1.21. The highest BCUT2D eigenvalue weighted by atomic mass is 32.1. The third-order valence-corrected chi connectivity index (χ3v) is 1.96. The van der Waals surface area contributed by atoms with Gasteiger partial charge in [0.2, 0.25) is 0 Å². The molecule has 0 aromatic carbocycles. The van der Waals surface area contributed by atoms with Crippen LogP contribution in [0.2, 0.25) is 0 Å². The monoisotopic (exact) mass is 202 g/mol. The molecule has 13 heavy (non-hydrogen) atoms. The van der Waals surface area contributed by atoms with E-state index in [0.717, 1.165) is 4.88 Å². The van der Waals surface area contributed by atoms with Crippen LogP contribution in [0.15, 0.2) is 17.5 Å². The van der Waals surface area contributed by atoms with Gasteiger partial charge in [0.1, 0.15) is 6.61 Å². The molecule has 3 nitrogen and oxygen atoms in total. The van der Waals surface area contributed by atoms with Gasteiger partial charge in [-0.1, -0.05) is 11.1 Å². The van der Waals surface area contributed by atoms with Crippen molar-refractivity contribution in [3.8, 4) is 0 Å². The zero-order chi connectivity index (χ0) is 9.73. The summed E-state index contributed by atoms with van der Waals surface area (Å²) in [6.45, 7) is 6.10. The van der Waals surface area contributed by atoms with Gasteiger partial charge in [-0.05, 0) is 32.2 Å². The number of hydrogen-bond acceptors (Lipinski definition) is 4. The van der Waals surface area contributed by atoms with Crippen molar-refractivity contribution in [3.05, 3.63) is 22.4 Å². The second kappa shape index (κ2) is 4.72. The van der Waals surface area contributed by atoms with E-state index in [-0.39, 0.29) is 5.60 Å². The molecule has 0 spiro atoms. The normalized spacial score (nSPS) is 11.9. The van der Waals surface area contributed by atoms with Gasteiger partial charge in [0.15, 0.2) is 0 Å². The van der Waals surface area contributed by atoms with Crippen LogP contribution in [0.3, 0.4) is 0 Å². The van der Waals surface area contributed by atoms with E-state index in [1.54, 1.807) is 11.3 Å². The maximum Gasteiger partial charge on any atom is 0.120 e. The Morgan fingerprint density at radius 1 is 1.38 bits per heavy atom. The van der Waals surface area contributed by atoms with Gasteiger partial charge in [0.05, 0.1) is 5.60 Å². The Balaban J connectivity index is 2.09. The lowest BCUT2D eigenvalue weighted by Gasteiger charge is -2.15. The van der Waals surface area contributed by atoms with Crippen molar-refractivity contribution >= 4 is 11.3 Å². The van der Waals surface area contributed by atoms with Gasteiger partial charge < -0.3 is 0 Å². The van der Waals surface area contributed by atoms with Crippen molar-refractivity contribution in [2.75, 3.05) is 0 Å². The second-order valence-corrected chi connectivity index (χ2v) is 4.64. The molecule has 1 aromatic rings. The minimum atomic E-state index is -0.338. The molecule has 0 unspecified atom stereocenters. The first-order valence-electron chi connectivity index (χ1n) is 4.07. The van der Waals surface area contributed by atoms with E-state index < -0.39 is 0 Å². The molecule has 1 heterocycles. The van der Waals surface area contributed by atoms with E-state index >= 15 is 0 Å². The van der Waals surface area contributed by atoms with Crippen LogP contribution >= 0.6 is 11.3 Å². The number of thiophene rings is 1. The van der Waals surface area contributed by atoms with Gasteiger partial charge in [-0.2, -0.15) is 0 Å². The molecule has 0 N–H and O–H groups in total. The van der Waals surface area contributed by atoms with Gasteiger partial charge in [-0.25, -0.2) is 9.78 Å². The number of hydrogen-bond donors (Lipinski definition) is 0. The van der Waals surface area contributed by atoms with E-state index in [1.165, 1.54) is 0 Å². The molecule has 0 bridgehead atoms. The fraction of sp³-hybridized carbons (Fsp3) is 0.556. The molecule has 0 saturated carbocycles. The van der Waals surface area contributed by atoms with Crippen molar-refractivity contribution in [2.24, 2.45) is 0 Å². The molecule has 1 rings (SSSR count). The topological polar surface area (TPSA) is 27.7 Å². The van der Waals surface area contributed by atoms with Crippen LogP contribution in [-0.2, 0) is 21.4 Å². The van der Waals surface area contributed by atoms with Crippen molar-refractivity contribution in [1.82, 2.24) is 0 Å². The van der Waals surface area contributed by atoms with E-state index in [4.69, 9.17) is 9.78 Å². The Hall–Kier alpha value is -0.420. The number of rotatable bonds is 4. The van der Waals surface area contributed by atoms with Crippen LogP contribution in [0.4, 0.5) is 0 Å². The summed E-state index contributed by atoms with van der Waals surface area (Å²) >= 11 is 1.62. The molecule has 74 valence electrons. The van der Waals surface area contributed by atoms with Crippen LogP contribution in [-0.4, -0.2) is 5.60 Å². The third-order valence-electron chi connectivity index (χ3n) is 1.11. The van der Waals surface area contributed by atoms with E-state index in [2.05, 4.69) is 5.04 Å². The molecule has 0 radical (unpaired) electrons. The van der Waals surface area contributed by atoms with Crippen molar-refractivity contribution in [3.63, 3.8) is 0 Å². The molecular weight excluding hydrogens is 188 g/mol. The summed E-state index contributed by atoms with van der Waals surface area (Å²) in [7, 11) is 0. The van der Waals surface area contributed by atoms with Crippen LogP contribution < -0.4 is 0 Å². The average Bonchev–Trinajstić information content (AvgIpc) is 2.48. The highest BCUT2D eigenvalue weighted by Crippen LogP contribution is 2.11. The molecule has 0 saturated heterocycles. The highest BCUT2D eigenvalue weighted by molar-refractivity contribution is 7.09. The Bertz CT molecular complexity index is 226. The molecule has 0 atom stereocenters. The summed E-state index contributed by atoms with van der Waals surface area (Å²) in [5, 5.41) is 6.57. The maximum atomic E-state index is 4.91. The van der Waals surface area contributed by atoms with Crippen LogP contribution in [0, 0.1) is 0 Å². The average molecular weight is 202 g/mol. The second-order valence-electron chi connectivity index (χ2n) is 3.61. The molecule has 0 aliphatic heterocycles. The highest BCUT2D eigenvalue weighted by Gasteiger charge is 2.11. The Labute approximate surface area is 82.1 Å². The minimum Gasteiger partial charge on any atom is -0.200 e. The lowest BCUT2D eigenvalue weighted by molar-refractivity contribution is -0.543. The van der Waals surface area contributed by atoms with Gasteiger partial charge in [0, 0.05) is 4.88 Å². The smallest absolute Gasteiger partial charge is 0.120 e. The molecule has 1 aromatic heterocycles. The molecule has 0 amide bonds. The fourth-order valence-electron chi connectivity index (χ4n) is 0.603. The minimum absolute atomic E-state index is 0.338. The largest absolute Gasteiger partial charge is 0.200 e. The van der Waals surface area contributed by atoms with E-state index in [0.29, 0.717) is 6.61 Å². The van der Waals surface area contributed by atoms with Gasteiger partial charge in [0.25, 0.3) is 0 Å². The quantitative estimate of drug-likeness (QED) is 0.427. The summed E-state index contributed by atoms with van der Waals surface area (Å²) in [5.74, 6) is 0. The van der Waals surface area contributed by atoms with Crippen molar-refractivity contribution in [1.29, 1.82) is 0 Å². The Morgan fingerprint density at radius 2 is 2.15 bits per heavy atom. The lowest BCUT2D eigenvalue weighted by Crippen LogP contribution is -2.19. The summed E-state index contributed by atoms with van der Waals surface area (Å²) < 4.78 is 0. The third kappa shape index (κ3) is 5.00.